The third-order valence-corrected chi connectivity index (χ3v) is 4.34. The Labute approximate surface area is 155 Å². The topological polar surface area (TPSA) is 58.6 Å². The number of ketones is 1. The van der Waals surface area contributed by atoms with Crippen LogP contribution in [0.5, 0.6) is 5.75 Å². The van der Waals surface area contributed by atoms with Crippen LogP contribution in [0.25, 0.3) is 0 Å². The molecule has 0 aliphatic rings. The van der Waals surface area contributed by atoms with Crippen LogP contribution in [0.1, 0.15) is 34.5 Å². The van der Waals surface area contributed by atoms with Crippen LogP contribution in [-0.2, 0) is 11.2 Å². The van der Waals surface area contributed by atoms with E-state index in [1.54, 1.807) is 25.3 Å². The van der Waals surface area contributed by atoms with Gasteiger partial charge in [-0.1, -0.05) is 30.3 Å². The van der Waals surface area contributed by atoms with Crippen LogP contribution in [0.4, 0.5) is 0 Å². The molecule has 0 fully saturated rings. The molecule has 5 heteroatoms. The van der Waals surface area contributed by atoms with Gasteiger partial charge in [-0.3, -0.25) is 9.59 Å². The van der Waals surface area contributed by atoms with E-state index in [-0.39, 0.29) is 24.2 Å². The standard InChI is InChI=1S/C21H26N2O3/c1-15(24)17-10-11-20(26-4)18(12-17)13-21(25)22-14-19(23(2)3)16-8-6-5-7-9-16/h5-12,19H,13-14H2,1-4H3,(H,22,25). The number of rotatable bonds is 8. The quantitative estimate of drug-likeness (QED) is 0.741. The summed E-state index contributed by atoms with van der Waals surface area (Å²) in [6.45, 7) is 2.01. The third-order valence-electron chi connectivity index (χ3n) is 4.34. The van der Waals surface area contributed by atoms with Gasteiger partial charge in [0, 0.05) is 17.7 Å². The molecule has 1 atom stereocenters. The Balaban J connectivity index is 2.06. The van der Waals surface area contributed by atoms with Crippen LogP contribution in [0.3, 0.4) is 0 Å². The van der Waals surface area contributed by atoms with Crippen molar-refractivity contribution in [1.82, 2.24) is 10.2 Å². The Morgan fingerprint density at radius 1 is 1.12 bits per heavy atom. The summed E-state index contributed by atoms with van der Waals surface area (Å²) in [5.74, 6) is 0.468. The van der Waals surface area contributed by atoms with Crippen molar-refractivity contribution in [3.05, 3.63) is 65.2 Å². The van der Waals surface area contributed by atoms with E-state index in [1.807, 2.05) is 32.3 Å². The molecule has 0 aromatic heterocycles. The highest BCUT2D eigenvalue weighted by molar-refractivity contribution is 5.94. The number of nitrogens with one attached hydrogen (secondary N) is 1. The van der Waals surface area contributed by atoms with Gasteiger partial charge in [-0.05, 0) is 44.8 Å². The number of likely N-dealkylation sites (N-methyl/N-ethyl adjacent to an activating group) is 1. The molecule has 1 amide bonds. The number of Topliss-reactive ketones (excluding diaryl/α,β-unsaturated/α-hetero) is 1. The first-order valence-corrected chi connectivity index (χ1v) is 8.58. The van der Waals surface area contributed by atoms with Gasteiger partial charge >= 0.3 is 0 Å². The fourth-order valence-corrected chi connectivity index (χ4v) is 2.86. The first kappa shape index (κ1) is 19.7. The average Bonchev–Trinajstić information content (AvgIpc) is 2.62. The first-order valence-electron chi connectivity index (χ1n) is 8.58. The Morgan fingerprint density at radius 2 is 1.81 bits per heavy atom. The summed E-state index contributed by atoms with van der Waals surface area (Å²) in [4.78, 5) is 26.1. The lowest BCUT2D eigenvalue weighted by Gasteiger charge is -2.25. The fourth-order valence-electron chi connectivity index (χ4n) is 2.86. The van der Waals surface area contributed by atoms with Gasteiger partial charge in [0.2, 0.25) is 5.91 Å². The lowest BCUT2D eigenvalue weighted by molar-refractivity contribution is -0.120. The highest BCUT2D eigenvalue weighted by Gasteiger charge is 2.16. The van der Waals surface area contributed by atoms with Crippen molar-refractivity contribution in [3.8, 4) is 5.75 Å². The van der Waals surface area contributed by atoms with Gasteiger partial charge in [0.15, 0.2) is 5.78 Å². The zero-order valence-electron chi connectivity index (χ0n) is 15.8. The van der Waals surface area contributed by atoms with Gasteiger partial charge in [0.05, 0.1) is 19.6 Å². The molecule has 26 heavy (non-hydrogen) atoms. The lowest BCUT2D eigenvalue weighted by Crippen LogP contribution is -2.35. The Bertz CT molecular complexity index is 757. The van der Waals surface area contributed by atoms with E-state index < -0.39 is 0 Å². The number of methoxy groups -OCH3 is 1. The molecule has 2 aromatic rings. The van der Waals surface area contributed by atoms with Crippen molar-refractivity contribution in [3.63, 3.8) is 0 Å². The molecular formula is C21H26N2O3. The predicted octanol–water partition coefficient (Wildman–Crippen LogP) is 2.86. The monoisotopic (exact) mass is 354 g/mol. The number of hydrogen-bond acceptors (Lipinski definition) is 4. The van der Waals surface area contributed by atoms with E-state index in [0.29, 0.717) is 23.4 Å². The second-order valence-electron chi connectivity index (χ2n) is 6.45. The van der Waals surface area contributed by atoms with E-state index in [2.05, 4.69) is 22.3 Å². The zero-order valence-corrected chi connectivity index (χ0v) is 15.8. The number of nitrogens with zero attached hydrogens (tertiary/aromatic N) is 1. The van der Waals surface area contributed by atoms with E-state index in [9.17, 15) is 9.59 Å². The van der Waals surface area contributed by atoms with Crippen LogP contribution < -0.4 is 10.1 Å². The molecule has 0 spiro atoms. The smallest absolute Gasteiger partial charge is 0.224 e. The summed E-state index contributed by atoms with van der Waals surface area (Å²) < 4.78 is 5.31. The molecule has 1 unspecified atom stereocenters. The van der Waals surface area contributed by atoms with Crippen molar-refractivity contribution in [2.45, 2.75) is 19.4 Å². The summed E-state index contributed by atoms with van der Waals surface area (Å²) in [6, 6.07) is 15.3. The third kappa shape index (κ3) is 5.17. The van der Waals surface area contributed by atoms with Crippen LogP contribution in [0, 0.1) is 0 Å². The number of carbonyl (C=O) groups is 2. The maximum Gasteiger partial charge on any atom is 0.224 e. The number of carbonyl (C=O) groups excluding carboxylic acids is 2. The summed E-state index contributed by atoms with van der Waals surface area (Å²) >= 11 is 0. The van der Waals surface area contributed by atoms with Crippen molar-refractivity contribution in [1.29, 1.82) is 0 Å². The van der Waals surface area contributed by atoms with Gasteiger partial charge in [0.1, 0.15) is 5.75 Å². The minimum Gasteiger partial charge on any atom is -0.496 e. The molecule has 1 N–H and O–H groups in total. The van der Waals surface area contributed by atoms with E-state index in [1.165, 1.54) is 6.92 Å². The van der Waals surface area contributed by atoms with Crippen LogP contribution in [-0.4, -0.2) is 44.3 Å². The Morgan fingerprint density at radius 3 is 2.38 bits per heavy atom. The Kier molecular flexibility index (Phi) is 6.92. The van der Waals surface area contributed by atoms with E-state index in [0.717, 1.165) is 5.56 Å². The molecule has 138 valence electrons. The number of hydrogen-bond donors (Lipinski definition) is 1. The SMILES string of the molecule is COc1ccc(C(C)=O)cc1CC(=O)NCC(c1ccccc1)N(C)C. The first-order chi connectivity index (χ1) is 12.4. The molecule has 2 aromatic carbocycles. The average molecular weight is 354 g/mol. The second-order valence-corrected chi connectivity index (χ2v) is 6.45. The fraction of sp³-hybridized carbons (Fsp3) is 0.333. The van der Waals surface area contributed by atoms with Gasteiger partial charge in [-0.2, -0.15) is 0 Å². The van der Waals surface area contributed by atoms with Crippen LogP contribution in [0.15, 0.2) is 48.5 Å². The second kappa shape index (κ2) is 9.15. The molecule has 2 rings (SSSR count). The minimum atomic E-state index is -0.105. The van der Waals surface area contributed by atoms with Gasteiger partial charge in [0.25, 0.3) is 0 Å². The largest absolute Gasteiger partial charge is 0.496 e. The summed E-state index contributed by atoms with van der Waals surface area (Å²) in [5, 5.41) is 2.99. The maximum absolute atomic E-state index is 12.5. The lowest BCUT2D eigenvalue weighted by atomic mass is 10.0. The van der Waals surface area contributed by atoms with Crippen LogP contribution in [0.2, 0.25) is 0 Å². The molecule has 0 bridgehead atoms. The van der Waals surface area contributed by atoms with Crippen molar-refractivity contribution < 1.29 is 14.3 Å². The van der Waals surface area contributed by atoms with Crippen LogP contribution >= 0.6 is 0 Å². The minimum absolute atomic E-state index is 0.0361. The molecule has 0 saturated heterocycles. The van der Waals surface area contributed by atoms with E-state index in [4.69, 9.17) is 4.74 Å². The van der Waals surface area contributed by atoms with Crippen molar-refractivity contribution >= 4 is 11.7 Å². The summed E-state index contributed by atoms with van der Waals surface area (Å²) in [6.07, 6.45) is 0.166. The molecule has 0 heterocycles. The molecule has 5 nitrogen and oxygen atoms in total. The molecule has 0 aliphatic heterocycles. The highest BCUT2D eigenvalue weighted by atomic mass is 16.5. The number of ether oxygens (including phenoxy) is 1. The highest BCUT2D eigenvalue weighted by Crippen LogP contribution is 2.21. The Hall–Kier alpha value is -2.66. The summed E-state index contributed by atoms with van der Waals surface area (Å²) in [7, 11) is 5.54. The zero-order chi connectivity index (χ0) is 19.1. The van der Waals surface area contributed by atoms with Gasteiger partial charge < -0.3 is 15.0 Å². The maximum atomic E-state index is 12.5. The molecule has 0 radical (unpaired) electrons. The summed E-state index contributed by atoms with van der Waals surface area (Å²) in [5.41, 5.74) is 2.43. The molecular weight excluding hydrogens is 328 g/mol. The van der Waals surface area contributed by atoms with Crippen molar-refractivity contribution in [2.24, 2.45) is 0 Å². The van der Waals surface area contributed by atoms with Gasteiger partial charge in [-0.15, -0.1) is 0 Å². The number of benzene rings is 2. The normalized spacial score (nSPS) is 11.9. The molecule has 0 aliphatic carbocycles. The van der Waals surface area contributed by atoms with Gasteiger partial charge in [-0.25, -0.2) is 0 Å². The van der Waals surface area contributed by atoms with Crippen molar-refractivity contribution in [2.75, 3.05) is 27.7 Å². The molecule has 0 saturated carbocycles. The van der Waals surface area contributed by atoms with E-state index >= 15 is 0 Å². The number of amides is 1. The predicted molar refractivity (Wildman–Crippen MR) is 103 cm³/mol.